The lowest BCUT2D eigenvalue weighted by Crippen LogP contribution is -1.95. The van der Waals surface area contributed by atoms with Crippen LogP contribution in [0.3, 0.4) is 0 Å². The van der Waals surface area contributed by atoms with Crippen LogP contribution in [0, 0.1) is 0 Å². The standard InChI is InChI=1S/C48H34N4.C2H5N.C2H6/c1-3-7-45-41(5-1)43-31-49-27-25-47(43)51(45)39-21-13-35(14-22-39)29-33-9-17-37(18-10-33)38-19-11-34(12-20-38)30-36-15-23-40(24-16-36)52-46-8-4-2-6-42(46)44-32-50-28-26-48(44)52;1-2-3;1-2/h1-28,31-32H,29-30H2;2H,1,3H2;1-2H3. The van der Waals surface area contributed by atoms with Crippen molar-refractivity contribution in [1.82, 2.24) is 19.1 Å². The molecule has 0 spiro atoms. The lowest BCUT2D eigenvalue weighted by molar-refractivity contribution is 1.14. The molecule has 278 valence electrons. The van der Waals surface area contributed by atoms with Gasteiger partial charge in [0.1, 0.15) is 0 Å². The first kappa shape index (κ1) is 36.7. The predicted octanol–water partition coefficient (Wildman–Crippen LogP) is 12.6. The quantitative estimate of drug-likeness (QED) is 0.177. The van der Waals surface area contributed by atoms with Crippen molar-refractivity contribution >= 4 is 43.6 Å². The van der Waals surface area contributed by atoms with Gasteiger partial charge in [-0.1, -0.05) is 130 Å². The lowest BCUT2D eigenvalue weighted by Gasteiger charge is -2.10. The molecule has 5 heteroatoms. The number of rotatable bonds is 7. The second kappa shape index (κ2) is 16.6. The van der Waals surface area contributed by atoms with E-state index in [1.165, 1.54) is 83.2 Å². The third-order valence-corrected chi connectivity index (χ3v) is 10.4. The SMILES string of the molecule is C=CN.CC.c1ccc2c(c1)c1cnccc1n2-c1ccc(Cc2ccc(-c3ccc(Cc4ccc(-n5c6ccccc6c6cnccc65)cc4)cc3)cc2)cc1. The number of hydrogen-bond donors (Lipinski definition) is 1. The zero-order valence-corrected chi connectivity index (χ0v) is 32.4. The Morgan fingerprint density at radius 2 is 0.754 bits per heavy atom. The van der Waals surface area contributed by atoms with E-state index < -0.39 is 0 Å². The Kier molecular flexibility index (Phi) is 10.7. The van der Waals surface area contributed by atoms with Gasteiger partial charge in [-0.25, -0.2) is 0 Å². The molecular weight excluding hydrogens is 695 g/mol. The zero-order valence-electron chi connectivity index (χ0n) is 32.4. The van der Waals surface area contributed by atoms with Crippen LogP contribution in [0.4, 0.5) is 0 Å². The number of fused-ring (bicyclic) bond motifs is 6. The number of pyridine rings is 2. The third-order valence-electron chi connectivity index (χ3n) is 10.4. The summed E-state index contributed by atoms with van der Waals surface area (Å²) in [6.45, 7) is 7.14. The summed E-state index contributed by atoms with van der Waals surface area (Å²) >= 11 is 0. The molecule has 6 aromatic carbocycles. The smallest absolute Gasteiger partial charge is 0.0571 e. The first-order chi connectivity index (χ1) is 28.2. The fourth-order valence-corrected chi connectivity index (χ4v) is 7.82. The van der Waals surface area contributed by atoms with Gasteiger partial charge in [0, 0.05) is 57.7 Å². The van der Waals surface area contributed by atoms with Crippen LogP contribution in [0.15, 0.2) is 195 Å². The van der Waals surface area contributed by atoms with E-state index in [0.29, 0.717) is 0 Å². The van der Waals surface area contributed by atoms with Crippen molar-refractivity contribution in [3.63, 3.8) is 0 Å². The molecule has 4 heterocycles. The lowest BCUT2D eigenvalue weighted by atomic mass is 9.98. The Morgan fingerprint density at radius 1 is 0.439 bits per heavy atom. The van der Waals surface area contributed by atoms with E-state index in [2.05, 4.69) is 189 Å². The van der Waals surface area contributed by atoms with Crippen molar-refractivity contribution in [3.05, 3.63) is 218 Å². The normalized spacial score (nSPS) is 10.9. The third kappa shape index (κ3) is 7.31. The van der Waals surface area contributed by atoms with Crippen LogP contribution >= 0.6 is 0 Å². The summed E-state index contributed by atoms with van der Waals surface area (Å²) < 4.78 is 4.66. The van der Waals surface area contributed by atoms with Crippen LogP contribution in [0.25, 0.3) is 66.1 Å². The number of para-hydroxylation sites is 2. The van der Waals surface area contributed by atoms with Crippen LogP contribution in [0.2, 0.25) is 0 Å². The molecule has 0 fully saturated rings. The number of nitrogens with two attached hydrogens (primary N) is 1. The Hall–Kier alpha value is -7.24. The molecule has 10 rings (SSSR count). The molecule has 0 aliphatic carbocycles. The van der Waals surface area contributed by atoms with Crippen molar-refractivity contribution < 1.29 is 0 Å². The molecular formula is C52H45N5. The maximum absolute atomic E-state index is 4.61. The molecule has 0 unspecified atom stereocenters. The van der Waals surface area contributed by atoms with Crippen LogP contribution < -0.4 is 5.73 Å². The van der Waals surface area contributed by atoms with Gasteiger partial charge in [0.15, 0.2) is 0 Å². The van der Waals surface area contributed by atoms with Gasteiger partial charge >= 0.3 is 0 Å². The molecule has 0 aliphatic rings. The Balaban J connectivity index is 0.000000871. The van der Waals surface area contributed by atoms with Crippen molar-refractivity contribution in [3.8, 4) is 22.5 Å². The van der Waals surface area contributed by atoms with Crippen molar-refractivity contribution in [2.24, 2.45) is 5.73 Å². The van der Waals surface area contributed by atoms with Gasteiger partial charge < -0.3 is 14.9 Å². The molecule has 0 bridgehead atoms. The molecule has 4 aromatic heterocycles. The number of aromatic nitrogens is 4. The van der Waals surface area contributed by atoms with E-state index in [4.69, 9.17) is 0 Å². The van der Waals surface area contributed by atoms with Gasteiger partial charge in [-0.2, -0.15) is 0 Å². The monoisotopic (exact) mass is 739 g/mol. The van der Waals surface area contributed by atoms with Gasteiger partial charge in [0.2, 0.25) is 0 Å². The summed E-state index contributed by atoms with van der Waals surface area (Å²) in [7, 11) is 0. The summed E-state index contributed by atoms with van der Waals surface area (Å²) in [6, 6.07) is 57.2. The highest BCUT2D eigenvalue weighted by atomic mass is 15.0. The van der Waals surface area contributed by atoms with E-state index in [9.17, 15) is 0 Å². The maximum Gasteiger partial charge on any atom is 0.0571 e. The fraction of sp³-hybridized carbons (Fsp3) is 0.0769. The Bertz CT molecular complexity index is 2610. The second-order valence-electron chi connectivity index (χ2n) is 13.8. The first-order valence-corrected chi connectivity index (χ1v) is 19.5. The molecule has 0 radical (unpaired) electrons. The summed E-state index contributed by atoms with van der Waals surface area (Å²) in [4.78, 5) is 8.76. The summed E-state index contributed by atoms with van der Waals surface area (Å²) in [5.41, 5.74) is 19.3. The average molecular weight is 740 g/mol. The molecule has 0 aliphatic heterocycles. The first-order valence-electron chi connectivity index (χ1n) is 19.5. The van der Waals surface area contributed by atoms with Crippen LogP contribution in [-0.2, 0) is 12.8 Å². The summed E-state index contributed by atoms with van der Waals surface area (Å²) in [5.74, 6) is 0. The van der Waals surface area contributed by atoms with Crippen LogP contribution in [-0.4, -0.2) is 19.1 Å². The molecule has 0 atom stereocenters. The highest BCUT2D eigenvalue weighted by Crippen LogP contribution is 2.33. The minimum atomic E-state index is 0.892. The predicted molar refractivity (Wildman–Crippen MR) is 240 cm³/mol. The van der Waals surface area contributed by atoms with E-state index in [-0.39, 0.29) is 0 Å². The van der Waals surface area contributed by atoms with E-state index in [1.807, 2.05) is 38.6 Å². The second-order valence-corrected chi connectivity index (χ2v) is 13.8. The van der Waals surface area contributed by atoms with Gasteiger partial charge in [-0.15, -0.1) is 0 Å². The molecule has 57 heavy (non-hydrogen) atoms. The average Bonchev–Trinajstić information content (AvgIpc) is 3.79. The van der Waals surface area contributed by atoms with Crippen LogP contribution in [0.5, 0.6) is 0 Å². The zero-order chi connectivity index (χ0) is 39.1. The van der Waals surface area contributed by atoms with E-state index >= 15 is 0 Å². The van der Waals surface area contributed by atoms with Gasteiger partial charge in [-0.05, 0) is 101 Å². The number of benzene rings is 6. The highest BCUT2D eigenvalue weighted by molar-refractivity contribution is 6.09. The van der Waals surface area contributed by atoms with Gasteiger partial charge in [0.05, 0.1) is 22.1 Å². The van der Waals surface area contributed by atoms with Gasteiger partial charge in [0.25, 0.3) is 0 Å². The van der Waals surface area contributed by atoms with Crippen molar-refractivity contribution in [2.45, 2.75) is 26.7 Å². The van der Waals surface area contributed by atoms with Crippen molar-refractivity contribution in [2.75, 3.05) is 0 Å². The van der Waals surface area contributed by atoms with E-state index in [1.54, 1.807) is 0 Å². The van der Waals surface area contributed by atoms with Crippen LogP contribution in [0.1, 0.15) is 36.1 Å². The minimum Gasteiger partial charge on any atom is -0.405 e. The highest BCUT2D eigenvalue weighted by Gasteiger charge is 2.13. The molecule has 0 amide bonds. The summed E-state index contributed by atoms with van der Waals surface area (Å²) in [5, 5.41) is 4.81. The number of hydrogen-bond acceptors (Lipinski definition) is 3. The molecule has 5 nitrogen and oxygen atoms in total. The topological polar surface area (TPSA) is 61.7 Å². The Morgan fingerprint density at radius 3 is 1.12 bits per heavy atom. The Labute approximate surface area is 334 Å². The largest absolute Gasteiger partial charge is 0.405 e. The number of nitrogens with zero attached hydrogens (tertiary/aromatic N) is 4. The maximum atomic E-state index is 4.61. The fourth-order valence-electron chi connectivity index (χ4n) is 7.82. The van der Waals surface area contributed by atoms with E-state index in [0.717, 1.165) is 24.2 Å². The minimum absolute atomic E-state index is 0.892. The van der Waals surface area contributed by atoms with Crippen molar-refractivity contribution in [1.29, 1.82) is 0 Å². The summed E-state index contributed by atoms with van der Waals surface area (Å²) in [6.07, 6.45) is 10.7. The van der Waals surface area contributed by atoms with Gasteiger partial charge in [-0.3, -0.25) is 9.97 Å². The molecule has 0 saturated carbocycles. The molecule has 2 N–H and O–H groups in total. The molecule has 10 aromatic rings. The molecule has 0 saturated heterocycles.